The third kappa shape index (κ3) is 2.21. The van der Waals surface area contributed by atoms with Crippen molar-refractivity contribution in [3.8, 4) is 0 Å². The molecule has 0 aromatic carbocycles. The van der Waals surface area contributed by atoms with E-state index in [9.17, 15) is 4.79 Å². The van der Waals surface area contributed by atoms with Crippen LogP contribution in [-0.4, -0.2) is 33.4 Å². The molecule has 1 aromatic heterocycles. The van der Waals surface area contributed by atoms with E-state index in [0.717, 1.165) is 12.8 Å². The number of hydrogen-bond donors (Lipinski definition) is 3. The Morgan fingerprint density at radius 2 is 2.20 bits per heavy atom. The van der Waals surface area contributed by atoms with Crippen LogP contribution in [0, 0.1) is 0 Å². The van der Waals surface area contributed by atoms with E-state index < -0.39 is 5.91 Å². The molecule has 0 atom stereocenters. The molecule has 15 heavy (non-hydrogen) atoms. The summed E-state index contributed by atoms with van der Waals surface area (Å²) in [6.45, 7) is 0. The number of primary amides is 1. The number of rotatable bonds is 3. The van der Waals surface area contributed by atoms with Crippen LogP contribution in [0.15, 0.2) is 12.1 Å². The van der Waals surface area contributed by atoms with Crippen LogP contribution in [0.25, 0.3) is 0 Å². The largest absolute Gasteiger partial charge is 0.393 e. The fraction of sp³-hybridized carbons (Fsp3) is 0.444. The molecule has 1 saturated carbocycles. The SMILES string of the molecule is NC(=O)c1ccc(NC2CC(O)C2)nn1. The van der Waals surface area contributed by atoms with Gasteiger partial charge in [0.2, 0.25) is 0 Å². The minimum Gasteiger partial charge on any atom is -0.393 e. The molecule has 1 aromatic rings. The van der Waals surface area contributed by atoms with Crippen LogP contribution in [-0.2, 0) is 0 Å². The van der Waals surface area contributed by atoms with Gasteiger partial charge in [0, 0.05) is 6.04 Å². The second-order valence-corrected chi connectivity index (χ2v) is 3.63. The Bertz CT molecular complexity index is 359. The summed E-state index contributed by atoms with van der Waals surface area (Å²) < 4.78 is 0. The summed E-state index contributed by atoms with van der Waals surface area (Å²) in [6, 6.07) is 3.42. The first-order chi connectivity index (χ1) is 7.15. The maximum Gasteiger partial charge on any atom is 0.269 e. The molecule has 6 nitrogen and oxygen atoms in total. The second-order valence-electron chi connectivity index (χ2n) is 3.63. The summed E-state index contributed by atoms with van der Waals surface area (Å²) in [5.41, 5.74) is 5.17. The van der Waals surface area contributed by atoms with E-state index >= 15 is 0 Å². The molecule has 1 aliphatic rings. The first kappa shape index (κ1) is 9.85. The van der Waals surface area contributed by atoms with Gasteiger partial charge < -0.3 is 16.2 Å². The Balaban J connectivity index is 1.95. The number of nitrogens with one attached hydrogen (secondary N) is 1. The summed E-state index contributed by atoms with van der Waals surface area (Å²) >= 11 is 0. The summed E-state index contributed by atoms with van der Waals surface area (Å²) in [5.74, 6) is 0.00464. The van der Waals surface area contributed by atoms with E-state index in [-0.39, 0.29) is 17.8 Å². The monoisotopic (exact) mass is 208 g/mol. The zero-order chi connectivity index (χ0) is 10.8. The molecule has 0 bridgehead atoms. The van der Waals surface area contributed by atoms with Gasteiger partial charge in [-0.1, -0.05) is 0 Å². The lowest BCUT2D eigenvalue weighted by molar-refractivity contribution is 0.0835. The normalized spacial score (nSPS) is 24.3. The Morgan fingerprint density at radius 1 is 1.47 bits per heavy atom. The van der Waals surface area contributed by atoms with Crippen LogP contribution in [0.4, 0.5) is 5.82 Å². The minimum atomic E-state index is -0.590. The van der Waals surface area contributed by atoms with Crippen molar-refractivity contribution in [3.05, 3.63) is 17.8 Å². The summed E-state index contributed by atoms with van der Waals surface area (Å²) in [6.07, 6.45) is 1.23. The lowest BCUT2D eigenvalue weighted by Crippen LogP contribution is -2.39. The highest BCUT2D eigenvalue weighted by molar-refractivity contribution is 5.90. The standard InChI is InChI=1S/C9H12N4O2/c10-9(15)7-1-2-8(13-12-7)11-5-3-6(14)4-5/h1-2,5-6,14H,3-4H2,(H2,10,15)(H,11,13). The molecule has 0 unspecified atom stereocenters. The van der Waals surface area contributed by atoms with Gasteiger partial charge >= 0.3 is 0 Å². The number of carbonyl (C=O) groups is 1. The van der Waals surface area contributed by atoms with Gasteiger partial charge in [0.15, 0.2) is 5.69 Å². The highest BCUT2D eigenvalue weighted by Crippen LogP contribution is 2.22. The topological polar surface area (TPSA) is 101 Å². The lowest BCUT2D eigenvalue weighted by atomic mass is 9.89. The van der Waals surface area contributed by atoms with Crippen molar-refractivity contribution in [2.45, 2.75) is 25.0 Å². The molecular weight excluding hydrogens is 196 g/mol. The van der Waals surface area contributed by atoms with Crippen LogP contribution >= 0.6 is 0 Å². The van der Waals surface area contributed by atoms with Crippen LogP contribution in [0.1, 0.15) is 23.3 Å². The Labute approximate surface area is 86.5 Å². The van der Waals surface area contributed by atoms with Gasteiger partial charge in [0.05, 0.1) is 6.10 Å². The minimum absolute atomic E-state index is 0.147. The molecule has 4 N–H and O–H groups in total. The zero-order valence-electron chi connectivity index (χ0n) is 8.05. The molecule has 1 aliphatic carbocycles. The molecule has 6 heteroatoms. The Kier molecular flexibility index (Phi) is 2.51. The molecule has 0 aliphatic heterocycles. The summed E-state index contributed by atoms with van der Waals surface area (Å²) in [5, 5.41) is 19.6. The number of nitrogens with two attached hydrogens (primary N) is 1. The van der Waals surface area contributed by atoms with Crippen molar-refractivity contribution in [3.63, 3.8) is 0 Å². The van der Waals surface area contributed by atoms with Gasteiger partial charge in [-0.25, -0.2) is 0 Å². The molecular formula is C9H12N4O2. The highest BCUT2D eigenvalue weighted by atomic mass is 16.3. The molecule has 1 heterocycles. The number of aliphatic hydroxyl groups excluding tert-OH is 1. The number of aliphatic hydroxyl groups is 1. The second kappa shape index (κ2) is 3.82. The highest BCUT2D eigenvalue weighted by Gasteiger charge is 2.27. The molecule has 0 radical (unpaired) electrons. The van der Waals surface area contributed by atoms with Gasteiger partial charge in [0.1, 0.15) is 5.82 Å². The van der Waals surface area contributed by atoms with Crippen LogP contribution in [0.3, 0.4) is 0 Å². The quantitative estimate of drug-likeness (QED) is 0.622. The van der Waals surface area contributed by atoms with Crippen molar-refractivity contribution in [2.24, 2.45) is 5.73 Å². The third-order valence-corrected chi connectivity index (χ3v) is 2.38. The average Bonchev–Trinajstić information content (AvgIpc) is 2.16. The van der Waals surface area contributed by atoms with Crippen LogP contribution in [0.5, 0.6) is 0 Å². The fourth-order valence-electron chi connectivity index (χ4n) is 1.46. The number of aromatic nitrogens is 2. The summed E-state index contributed by atoms with van der Waals surface area (Å²) in [7, 11) is 0. The first-order valence-electron chi connectivity index (χ1n) is 4.73. The summed E-state index contributed by atoms with van der Waals surface area (Å²) in [4.78, 5) is 10.7. The van der Waals surface area contributed by atoms with E-state index in [4.69, 9.17) is 10.8 Å². The number of anilines is 1. The molecule has 80 valence electrons. The van der Waals surface area contributed by atoms with Crippen molar-refractivity contribution in [1.82, 2.24) is 10.2 Å². The fourth-order valence-corrected chi connectivity index (χ4v) is 1.46. The molecule has 0 spiro atoms. The zero-order valence-corrected chi connectivity index (χ0v) is 8.05. The molecule has 1 fully saturated rings. The lowest BCUT2D eigenvalue weighted by Gasteiger charge is -2.32. The number of amides is 1. The van der Waals surface area contributed by atoms with Crippen LogP contribution < -0.4 is 11.1 Å². The van der Waals surface area contributed by atoms with Gasteiger partial charge in [-0.05, 0) is 25.0 Å². The van der Waals surface area contributed by atoms with E-state index in [1.54, 1.807) is 6.07 Å². The van der Waals surface area contributed by atoms with Crippen molar-refractivity contribution in [1.29, 1.82) is 0 Å². The predicted octanol–water partition coefficient (Wildman–Crippen LogP) is -0.489. The van der Waals surface area contributed by atoms with Crippen molar-refractivity contribution >= 4 is 11.7 Å². The van der Waals surface area contributed by atoms with Gasteiger partial charge in [-0.15, -0.1) is 10.2 Å². The maximum atomic E-state index is 10.7. The van der Waals surface area contributed by atoms with Crippen molar-refractivity contribution in [2.75, 3.05) is 5.32 Å². The van der Waals surface area contributed by atoms with E-state index in [1.165, 1.54) is 6.07 Å². The maximum absolute atomic E-state index is 10.7. The smallest absolute Gasteiger partial charge is 0.269 e. The van der Waals surface area contributed by atoms with Crippen molar-refractivity contribution < 1.29 is 9.90 Å². The van der Waals surface area contributed by atoms with E-state index in [2.05, 4.69) is 15.5 Å². The Morgan fingerprint density at radius 3 is 2.67 bits per heavy atom. The third-order valence-electron chi connectivity index (χ3n) is 2.38. The number of nitrogens with zero attached hydrogens (tertiary/aromatic N) is 2. The van der Waals surface area contributed by atoms with E-state index in [0.29, 0.717) is 5.82 Å². The average molecular weight is 208 g/mol. The van der Waals surface area contributed by atoms with Crippen LogP contribution in [0.2, 0.25) is 0 Å². The predicted molar refractivity (Wildman–Crippen MR) is 53.2 cm³/mol. The first-order valence-corrected chi connectivity index (χ1v) is 4.73. The Hall–Kier alpha value is -1.69. The molecule has 2 rings (SSSR count). The molecule has 1 amide bonds. The van der Waals surface area contributed by atoms with E-state index in [1.807, 2.05) is 0 Å². The van der Waals surface area contributed by atoms with Gasteiger partial charge in [-0.2, -0.15) is 0 Å². The number of hydrogen-bond acceptors (Lipinski definition) is 5. The van der Waals surface area contributed by atoms with Gasteiger partial charge in [0.25, 0.3) is 5.91 Å². The number of carbonyl (C=O) groups excluding carboxylic acids is 1. The molecule has 0 saturated heterocycles. The van der Waals surface area contributed by atoms with Gasteiger partial charge in [-0.3, -0.25) is 4.79 Å².